The second-order valence-corrected chi connectivity index (χ2v) is 1.53. The van der Waals surface area contributed by atoms with Crippen molar-refractivity contribution >= 4 is 5.97 Å². The summed E-state index contributed by atoms with van der Waals surface area (Å²) in [6.07, 6.45) is 4.08. The van der Waals surface area contributed by atoms with E-state index in [4.69, 9.17) is 6.42 Å². The number of carbonyl (C=O) groups is 1. The molecule has 0 aliphatic rings. The summed E-state index contributed by atoms with van der Waals surface area (Å²) < 4.78 is 9.18. The normalized spacial score (nSPS) is 11.7. The molecule has 0 aromatic rings. The summed E-state index contributed by atoms with van der Waals surface area (Å²) in [4.78, 5) is 10.7. The van der Waals surface area contributed by atoms with Gasteiger partial charge in [-0.2, -0.15) is 0 Å². The average molecular weight is 142 g/mol. The predicted octanol–water partition coefficient (Wildman–Crippen LogP) is 0.198. The van der Waals surface area contributed by atoms with E-state index in [2.05, 4.69) is 15.4 Å². The Morgan fingerprint density at radius 2 is 2.40 bits per heavy atom. The molecule has 0 saturated carbocycles. The summed E-state index contributed by atoms with van der Waals surface area (Å²) in [5.41, 5.74) is 0. The van der Waals surface area contributed by atoms with Crippen LogP contribution in [0.4, 0.5) is 0 Å². The number of terminal acetylenes is 1. The van der Waals surface area contributed by atoms with Crippen LogP contribution in [-0.4, -0.2) is 25.8 Å². The maximum Gasteiger partial charge on any atom is 0.347 e. The third-order valence-electron chi connectivity index (χ3n) is 0.888. The first-order chi connectivity index (χ1) is 4.76. The van der Waals surface area contributed by atoms with E-state index >= 15 is 0 Å². The van der Waals surface area contributed by atoms with E-state index in [0.29, 0.717) is 6.61 Å². The molecule has 3 heteroatoms. The van der Waals surface area contributed by atoms with Gasteiger partial charge in [-0.05, 0) is 6.92 Å². The third-order valence-corrected chi connectivity index (χ3v) is 0.888. The van der Waals surface area contributed by atoms with Gasteiger partial charge in [0.2, 0.25) is 6.10 Å². The molecule has 0 spiro atoms. The van der Waals surface area contributed by atoms with Crippen LogP contribution < -0.4 is 0 Å². The van der Waals surface area contributed by atoms with E-state index in [0.717, 1.165) is 0 Å². The highest BCUT2D eigenvalue weighted by molar-refractivity contribution is 5.78. The molecule has 0 aliphatic carbocycles. The molecule has 1 unspecified atom stereocenters. The smallest absolute Gasteiger partial charge is 0.347 e. The molecule has 56 valence electrons. The maximum atomic E-state index is 10.7. The van der Waals surface area contributed by atoms with Crippen molar-refractivity contribution in [3.8, 4) is 12.3 Å². The SMILES string of the molecule is C#CC(OC)C(=O)OCC. The standard InChI is InChI=1S/C7H10O3/c1-4-6(9-3)7(8)10-5-2/h1,6H,5H2,2-3H3. The summed E-state index contributed by atoms with van der Waals surface area (Å²) in [7, 11) is 1.36. The molecular weight excluding hydrogens is 132 g/mol. The molecule has 0 rings (SSSR count). The van der Waals surface area contributed by atoms with E-state index in [1.54, 1.807) is 6.92 Å². The van der Waals surface area contributed by atoms with Crippen LogP contribution in [0, 0.1) is 12.3 Å². The molecule has 0 radical (unpaired) electrons. The van der Waals surface area contributed by atoms with Crippen molar-refractivity contribution in [2.75, 3.05) is 13.7 Å². The second kappa shape index (κ2) is 4.83. The van der Waals surface area contributed by atoms with Crippen molar-refractivity contribution < 1.29 is 14.3 Å². The number of ether oxygens (including phenoxy) is 2. The Kier molecular flexibility index (Phi) is 4.34. The molecule has 0 amide bonds. The van der Waals surface area contributed by atoms with Crippen molar-refractivity contribution in [3.05, 3.63) is 0 Å². The molecule has 0 aliphatic heterocycles. The Balaban J connectivity index is 3.80. The first-order valence-corrected chi connectivity index (χ1v) is 2.91. The molecule has 1 atom stereocenters. The third kappa shape index (κ3) is 2.51. The summed E-state index contributed by atoms with van der Waals surface area (Å²) in [6, 6.07) is 0. The predicted molar refractivity (Wildman–Crippen MR) is 36.3 cm³/mol. The van der Waals surface area contributed by atoms with Crippen LogP contribution >= 0.6 is 0 Å². The molecular formula is C7H10O3. The summed E-state index contributed by atoms with van der Waals surface area (Å²) in [5, 5.41) is 0. The largest absolute Gasteiger partial charge is 0.463 e. The summed E-state index contributed by atoms with van der Waals surface area (Å²) in [5.74, 6) is 1.63. The van der Waals surface area contributed by atoms with Gasteiger partial charge in [0, 0.05) is 7.11 Å². The van der Waals surface area contributed by atoms with Crippen molar-refractivity contribution in [1.29, 1.82) is 0 Å². The Labute approximate surface area is 60.3 Å². The van der Waals surface area contributed by atoms with E-state index in [9.17, 15) is 4.79 Å². The van der Waals surface area contributed by atoms with Gasteiger partial charge in [-0.1, -0.05) is 5.92 Å². The van der Waals surface area contributed by atoms with Crippen molar-refractivity contribution in [2.24, 2.45) is 0 Å². The average Bonchev–Trinajstić information content (AvgIpc) is 1.91. The Morgan fingerprint density at radius 1 is 1.80 bits per heavy atom. The fourth-order valence-corrected chi connectivity index (χ4v) is 0.450. The molecule has 0 saturated heterocycles. The van der Waals surface area contributed by atoms with E-state index in [1.807, 2.05) is 0 Å². The highest BCUT2D eigenvalue weighted by Crippen LogP contribution is 1.90. The van der Waals surface area contributed by atoms with Gasteiger partial charge >= 0.3 is 5.97 Å². The van der Waals surface area contributed by atoms with Gasteiger partial charge in [0.1, 0.15) is 0 Å². The van der Waals surface area contributed by atoms with Crippen molar-refractivity contribution in [3.63, 3.8) is 0 Å². The zero-order chi connectivity index (χ0) is 7.98. The van der Waals surface area contributed by atoms with Gasteiger partial charge in [0.15, 0.2) is 0 Å². The lowest BCUT2D eigenvalue weighted by atomic mass is 10.4. The van der Waals surface area contributed by atoms with Gasteiger partial charge in [-0.15, -0.1) is 6.42 Å². The highest BCUT2D eigenvalue weighted by atomic mass is 16.6. The zero-order valence-electron chi connectivity index (χ0n) is 6.09. The van der Waals surface area contributed by atoms with Gasteiger partial charge in [-0.3, -0.25) is 0 Å². The van der Waals surface area contributed by atoms with Gasteiger partial charge in [-0.25, -0.2) is 4.79 Å². The quantitative estimate of drug-likeness (QED) is 0.417. The molecule has 0 N–H and O–H groups in total. The van der Waals surface area contributed by atoms with E-state index < -0.39 is 12.1 Å². The Bertz CT molecular complexity index is 145. The molecule has 0 aromatic heterocycles. The van der Waals surface area contributed by atoms with Gasteiger partial charge in [0.25, 0.3) is 0 Å². The van der Waals surface area contributed by atoms with Crippen LogP contribution in [0.5, 0.6) is 0 Å². The molecule has 0 aromatic carbocycles. The van der Waals surface area contributed by atoms with Crippen molar-refractivity contribution in [2.45, 2.75) is 13.0 Å². The number of carbonyl (C=O) groups excluding carboxylic acids is 1. The number of rotatable bonds is 3. The number of hydrogen-bond donors (Lipinski definition) is 0. The number of methoxy groups -OCH3 is 1. The maximum absolute atomic E-state index is 10.7. The van der Waals surface area contributed by atoms with Crippen LogP contribution in [0.25, 0.3) is 0 Å². The fraction of sp³-hybridized carbons (Fsp3) is 0.571. The minimum Gasteiger partial charge on any atom is -0.463 e. The lowest BCUT2D eigenvalue weighted by molar-refractivity contribution is -0.151. The topological polar surface area (TPSA) is 35.5 Å². The Hall–Kier alpha value is -1.01. The lowest BCUT2D eigenvalue weighted by Crippen LogP contribution is -2.23. The summed E-state index contributed by atoms with van der Waals surface area (Å²) in [6.45, 7) is 2.03. The summed E-state index contributed by atoms with van der Waals surface area (Å²) >= 11 is 0. The first kappa shape index (κ1) is 8.99. The Morgan fingerprint density at radius 3 is 2.70 bits per heavy atom. The monoisotopic (exact) mass is 142 g/mol. The van der Waals surface area contributed by atoms with Crippen LogP contribution in [0.1, 0.15) is 6.92 Å². The number of hydrogen-bond acceptors (Lipinski definition) is 3. The van der Waals surface area contributed by atoms with Crippen LogP contribution in [0.3, 0.4) is 0 Å². The zero-order valence-corrected chi connectivity index (χ0v) is 6.09. The van der Waals surface area contributed by atoms with Crippen molar-refractivity contribution in [1.82, 2.24) is 0 Å². The lowest BCUT2D eigenvalue weighted by Gasteiger charge is -2.05. The molecule has 3 nitrogen and oxygen atoms in total. The molecule has 0 bridgehead atoms. The molecule has 0 heterocycles. The second-order valence-electron chi connectivity index (χ2n) is 1.53. The van der Waals surface area contributed by atoms with Crippen LogP contribution in [0.15, 0.2) is 0 Å². The molecule has 10 heavy (non-hydrogen) atoms. The first-order valence-electron chi connectivity index (χ1n) is 2.91. The molecule has 0 fully saturated rings. The van der Waals surface area contributed by atoms with Crippen LogP contribution in [0.2, 0.25) is 0 Å². The fourth-order valence-electron chi connectivity index (χ4n) is 0.450. The van der Waals surface area contributed by atoms with E-state index in [-0.39, 0.29) is 0 Å². The van der Waals surface area contributed by atoms with E-state index in [1.165, 1.54) is 7.11 Å². The van der Waals surface area contributed by atoms with Gasteiger partial charge in [0.05, 0.1) is 6.61 Å². The number of esters is 1. The minimum absolute atomic E-state index is 0.320. The highest BCUT2D eigenvalue weighted by Gasteiger charge is 2.14. The van der Waals surface area contributed by atoms with Crippen LogP contribution in [-0.2, 0) is 14.3 Å². The minimum atomic E-state index is -0.861. The van der Waals surface area contributed by atoms with Gasteiger partial charge < -0.3 is 9.47 Å².